The van der Waals surface area contributed by atoms with Crippen molar-refractivity contribution in [1.29, 1.82) is 0 Å². The normalized spacial score (nSPS) is 18.2. The Labute approximate surface area is 148 Å². The molecule has 2 heterocycles. The highest BCUT2D eigenvalue weighted by Gasteiger charge is 2.17. The summed E-state index contributed by atoms with van der Waals surface area (Å²) in [5.74, 6) is -0.242. The molecule has 0 saturated carbocycles. The molecular weight excluding hydrogens is 317 g/mol. The minimum atomic E-state index is -0.262. The van der Waals surface area contributed by atoms with Crippen molar-refractivity contribution in [3.63, 3.8) is 0 Å². The van der Waals surface area contributed by atoms with Crippen LogP contribution in [0, 0.1) is 5.82 Å². The summed E-state index contributed by atoms with van der Waals surface area (Å²) in [6, 6.07) is 10.7. The smallest absolute Gasteiger partial charge is 0.225 e. The van der Waals surface area contributed by atoms with Gasteiger partial charge in [0.2, 0.25) is 5.91 Å². The van der Waals surface area contributed by atoms with Gasteiger partial charge in [0.15, 0.2) is 0 Å². The third-order valence-electron chi connectivity index (χ3n) is 4.94. The quantitative estimate of drug-likeness (QED) is 0.875. The van der Waals surface area contributed by atoms with Gasteiger partial charge in [-0.25, -0.2) is 4.39 Å². The van der Waals surface area contributed by atoms with Gasteiger partial charge in [0.25, 0.3) is 0 Å². The molecule has 1 atom stereocenters. The van der Waals surface area contributed by atoms with E-state index >= 15 is 0 Å². The van der Waals surface area contributed by atoms with Crippen molar-refractivity contribution in [3.8, 4) is 5.69 Å². The van der Waals surface area contributed by atoms with Crippen molar-refractivity contribution >= 4 is 5.91 Å². The van der Waals surface area contributed by atoms with Crippen molar-refractivity contribution in [3.05, 3.63) is 54.1 Å². The second-order valence-electron chi connectivity index (χ2n) is 6.75. The highest BCUT2D eigenvalue weighted by atomic mass is 19.1. The average Bonchev–Trinajstić information content (AvgIpc) is 3.05. The Kier molecular flexibility index (Phi) is 5.87. The van der Waals surface area contributed by atoms with Crippen LogP contribution in [0.5, 0.6) is 0 Å². The summed E-state index contributed by atoms with van der Waals surface area (Å²) >= 11 is 0. The number of piperidine rings is 1. The molecule has 0 bridgehead atoms. The number of likely N-dealkylation sites (tertiary alicyclic amines) is 1. The highest BCUT2D eigenvalue weighted by Crippen LogP contribution is 2.16. The van der Waals surface area contributed by atoms with Crippen molar-refractivity contribution < 1.29 is 9.18 Å². The summed E-state index contributed by atoms with van der Waals surface area (Å²) in [6.45, 7) is 4.98. The van der Waals surface area contributed by atoms with Gasteiger partial charge >= 0.3 is 0 Å². The predicted octanol–water partition coefficient (Wildman–Crippen LogP) is 3.15. The number of nitrogens with one attached hydrogen (secondary N) is 1. The molecule has 0 aliphatic carbocycles. The zero-order valence-electron chi connectivity index (χ0n) is 14.7. The number of rotatable bonds is 6. The molecule has 0 spiro atoms. The van der Waals surface area contributed by atoms with Gasteiger partial charge in [0, 0.05) is 36.7 Å². The van der Waals surface area contributed by atoms with Crippen molar-refractivity contribution in [1.82, 2.24) is 14.8 Å². The number of carbonyl (C=O) groups excluding carboxylic acids is 1. The van der Waals surface area contributed by atoms with Gasteiger partial charge in [-0.3, -0.25) is 9.69 Å². The minimum Gasteiger partial charge on any atom is -0.354 e. The van der Waals surface area contributed by atoms with Gasteiger partial charge in [-0.1, -0.05) is 6.42 Å². The maximum atomic E-state index is 13.1. The van der Waals surface area contributed by atoms with E-state index in [1.54, 1.807) is 12.1 Å². The standard InChI is InChI=1S/C20H26FN3O/c1-16-5-2-3-12-23(16)14-11-22-20(25)15-19-6-4-13-24(19)18-9-7-17(21)8-10-18/h4,6-10,13,16H,2-3,5,11-12,14-15H2,1H3,(H,22,25)/t16-/m0/s1. The van der Waals surface area contributed by atoms with E-state index in [4.69, 9.17) is 0 Å². The van der Waals surface area contributed by atoms with Crippen LogP contribution in [0.4, 0.5) is 4.39 Å². The predicted molar refractivity (Wildman–Crippen MR) is 97.3 cm³/mol. The number of hydrogen-bond acceptors (Lipinski definition) is 2. The number of benzene rings is 1. The Balaban J connectivity index is 1.52. The molecule has 25 heavy (non-hydrogen) atoms. The maximum absolute atomic E-state index is 13.1. The fourth-order valence-corrected chi connectivity index (χ4v) is 3.47. The van der Waals surface area contributed by atoms with Crippen molar-refractivity contribution in [2.24, 2.45) is 0 Å². The molecule has 1 fully saturated rings. The molecule has 1 aliphatic rings. The topological polar surface area (TPSA) is 37.3 Å². The monoisotopic (exact) mass is 343 g/mol. The number of halogens is 1. The number of nitrogens with zero attached hydrogens (tertiary/aromatic N) is 2. The molecule has 0 unspecified atom stereocenters. The van der Waals surface area contributed by atoms with Gasteiger partial charge in [0.1, 0.15) is 5.82 Å². The molecular formula is C20H26FN3O. The molecule has 2 aromatic rings. The summed E-state index contributed by atoms with van der Waals surface area (Å²) in [7, 11) is 0. The minimum absolute atomic E-state index is 0.0201. The molecule has 4 nitrogen and oxygen atoms in total. The Bertz CT molecular complexity index is 695. The molecule has 5 heteroatoms. The lowest BCUT2D eigenvalue weighted by atomic mass is 10.0. The fourth-order valence-electron chi connectivity index (χ4n) is 3.47. The molecule has 3 rings (SSSR count). The third kappa shape index (κ3) is 4.69. The van der Waals surface area contributed by atoms with Crippen LogP contribution in [0.3, 0.4) is 0 Å². The van der Waals surface area contributed by atoms with E-state index in [1.807, 2.05) is 22.9 Å². The first-order valence-corrected chi connectivity index (χ1v) is 9.06. The SMILES string of the molecule is C[C@H]1CCCCN1CCNC(=O)Cc1cccn1-c1ccc(F)cc1. The first-order valence-electron chi connectivity index (χ1n) is 9.06. The molecule has 1 aromatic carbocycles. The number of amides is 1. The zero-order valence-corrected chi connectivity index (χ0v) is 14.7. The van der Waals surface area contributed by atoms with Crippen molar-refractivity contribution in [2.45, 2.75) is 38.6 Å². The fraction of sp³-hybridized carbons (Fsp3) is 0.450. The molecule has 1 amide bonds. The van der Waals surface area contributed by atoms with Crippen LogP contribution in [0.15, 0.2) is 42.6 Å². The molecule has 1 N–H and O–H groups in total. The van der Waals surface area contributed by atoms with Crippen LogP contribution in [0.25, 0.3) is 5.69 Å². The lowest BCUT2D eigenvalue weighted by Crippen LogP contribution is -2.42. The Hall–Kier alpha value is -2.14. The highest BCUT2D eigenvalue weighted by molar-refractivity contribution is 5.78. The van der Waals surface area contributed by atoms with E-state index in [-0.39, 0.29) is 11.7 Å². The van der Waals surface area contributed by atoms with E-state index in [9.17, 15) is 9.18 Å². The summed E-state index contributed by atoms with van der Waals surface area (Å²) in [5, 5.41) is 3.02. The van der Waals surface area contributed by atoms with Gasteiger partial charge < -0.3 is 9.88 Å². The van der Waals surface area contributed by atoms with Crippen LogP contribution in [-0.2, 0) is 11.2 Å². The van der Waals surface area contributed by atoms with Crippen LogP contribution in [0.1, 0.15) is 31.9 Å². The Morgan fingerprint density at radius 2 is 2.04 bits per heavy atom. The third-order valence-corrected chi connectivity index (χ3v) is 4.94. The lowest BCUT2D eigenvalue weighted by Gasteiger charge is -2.33. The Morgan fingerprint density at radius 3 is 2.80 bits per heavy atom. The van der Waals surface area contributed by atoms with Crippen LogP contribution < -0.4 is 5.32 Å². The van der Waals surface area contributed by atoms with Gasteiger partial charge in [0.05, 0.1) is 6.42 Å². The summed E-state index contributed by atoms with van der Waals surface area (Å²) in [5.41, 5.74) is 1.76. The first-order chi connectivity index (χ1) is 12.1. The van der Waals surface area contributed by atoms with E-state index in [2.05, 4.69) is 17.1 Å². The number of aromatic nitrogens is 1. The second-order valence-corrected chi connectivity index (χ2v) is 6.75. The first kappa shape index (κ1) is 17.7. The summed E-state index contributed by atoms with van der Waals surface area (Å²) < 4.78 is 15.0. The van der Waals surface area contributed by atoms with Crippen LogP contribution in [-0.4, -0.2) is 41.1 Å². The van der Waals surface area contributed by atoms with Crippen LogP contribution in [0.2, 0.25) is 0 Å². The van der Waals surface area contributed by atoms with Crippen molar-refractivity contribution in [2.75, 3.05) is 19.6 Å². The molecule has 1 saturated heterocycles. The maximum Gasteiger partial charge on any atom is 0.225 e. The Morgan fingerprint density at radius 1 is 1.24 bits per heavy atom. The summed E-state index contributed by atoms with van der Waals surface area (Å²) in [6.07, 6.45) is 6.03. The van der Waals surface area contributed by atoms with Crippen LogP contribution >= 0.6 is 0 Å². The van der Waals surface area contributed by atoms with E-state index in [0.29, 0.717) is 19.0 Å². The zero-order chi connectivity index (χ0) is 17.6. The molecule has 0 radical (unpaired) electrons. The van der Waals surface area contributed by atoms with Gasteiger partial charge in [-0.15, -0.1) is 0 Å². The summed E-state index contributed by atoms with van der Waals surface area (Å²) in [4.78, 5) is 14.7. The number of carbonyl (C=O) groups is 1. The lowest BCUT2D eigenvalue weighted by molar-refractivity contribution is -0.120. The van der Waals surface area contributed by atoms with Gasteiger partial charge in [-0.05, 0) is 62.7 Å². The van der Waals surface area contributed by atoms with Gasteiger partial charge in [-0.2, -0.15) is 0 Å². The molecule has 134 valence electrons. The molecule has 1 aliphatic heterocycles. The average molecular weight is 343 g/mol. The van der Waals surface area contributed by atoms with E-state index in [1.165, 1.54) is 31.4 Å². The second kappa shape index (κ2) is 8.30. The number of hydrogen-bond donors (Lipinski definition) is 1. The largest absolute Gasteiger partial charge is 0.354 e. The molecule has 1 aromatic heterocycles. The van der Waals surface area contributed by atoms with E-state index < -0.39 is 0 Å². The van der Waals surface area contributed by atoms with E-state index in [0.717, 1.165) is 24.5 Å².